The number of imidazole rings is 1. The van der Waals surface area contributed by atoms with Gasteiger partial charge in [0.2, 0.25) is 0 Å². The first-order valence-corrected chi connectivity index (χ1v) is 15.3. The summed E-state index contributed by atoms with van der Waals surface area (Å²) in [6, 6.07) is 0. The van der Waals surface area contributed by atoms with Crippen molar-refractivity contribution in [3.8, 4) is 0 Å². The summed E-state index contributed by atoms with van der Waals surface area (Å²) in [5.74, 6) is 1.54. The van der Waals surface area contributed by atoms with Crippen molar-refractivity contribution in [2.45, 2.75) is 174 Å². The molecule has 2 nitrogen and oxygen atoms in total. The molecule has 2 heteroatoms. The lowest BCUT2D eigenvalue weighted by Crippen LogP contribution is -2.32. The summed E-state index contributed by atoms with van der Waals surface area (Å²) in [6.07, 6.45) is 38.7. The third kappa shape index (κ3) is 17.3. The highest BCUT2D eigenvalue weighted by Crippen LogP contribution is 2.14. The maximum atomic E-state index is 2.53. The molecule has 0 atom stereocenters. The molecule has 194 valence electrons. The van der Waals surface area contributed by atoms with Gasteiger partial charge in [-0.3, -0.25) is 0 Å². The minimum Gasteiger partial charge on any atom is -0.237 e. The fourth-order valence-corrected chi connectivity index (χ4v) is 5.15. The average Bonchev–Trinajstić information content (AvgIpc) is 3.17. The van der Waals surface area contributed by atoms with Gasteiger partial charge in [-0.2, -0.15) is 0 Å². The molecular formula is C31H61N2+. The predicted octanol–water partition coefficient (Wildman–Crippen LogP) is 9.87. The second kappa shape index (κ2) is 23.0. The highest BCUT2D eigenvalue weighted by atomic mass is 15.1. The van der Waals surface area contributed by atoms with Gasteiger partial charge in [-0.1, -0.05) is 142 Å². The van der Waals surface area contributed by atoms with Crippen molar-refractivity contribution in [1.29, 1.82) is 0 Å². The van der Waals surface area contributed by atoms with Crippen molar-refractivity contribution in [2.24, 2.45) is 7.05 Å². The Balaban J connectivity index is 1.97. The largest absolute Gasteiger partial charge is 0.256 e. The van der Waals surface area contributed by atoms with Crippen LogP contribution < -0.4 is 4.57 Å². The van der Waals surface area contributed by atoms with E-state index in [9.17, 15) is 0 Å². The van der Waals surface area contributed by atoms with Crippen molar-refractivity contribution < 1.29 is 4.57 Å². The van der Waals surface area contributed by atoms with Gasteiger partial charge in [0, 0.05) is 6.42 Å². The molecule has 0 aromatic carbocycles. The molecule has 0 saturated carbocycles. The number of hydrogen-bond donors (Lipinski definition) is 0. The Hall–Kier alpha value is -0.790. The van der Waals surface area contributed by atoms with Gasteiger partial charge in [-0.25, -0.2) is 9.13 Å². The van der Waals surface area contributed by atoms with Gasteiger partial charge in [-0.05, 0) is 19.3 Å². The monoisotopic (exact) mass is 461 g/mol. The fraction of sp³-hybridized carbons (Fsp3) is 0.903. The van der Waals surface area contributed by atoms with Crippen molar-refractivity contribution in [3.05, 3.63) is 18.2 Å². The molecule has 0 aliphatic rings. The Kier molecular flexibility index (Phi) is 21.1. The summed E-state index contributed by atoms with van der Waals surface area (Å²) < 4.78 is 4.89. The van der Waals surface area contributed by atoms with Crippen LogP contribution in [0, 0.1) is 0 Å². The van der Waals surface area contributed by atoms with Crippen LogP contribution in [0.5, 0.6) is 0 Å². The molecule has 1 rings (SSSR count). The van der Waals surface area contributed by atoms with E-state index in [2.05, 4.69) is 42.4 Å². The number of unbranched alkanes of at least 4 members (excludes halogenated alkanes) is 21. The number of aryl methyl sites for hydroxylation is 2. The SMILES string of the molecule is CCCCCCCCCCCCCCCn1cc[n+](C)c1CCCCCCCCCCCC. The molecule has 0 amide bonds. The molecule has 0 bridgehead atoms. The van der Waals surface area contributed by atoms with Gasteiger partial charge >= 0.3 is 0 Å². The maximum absolute atomic E-state index is 2.53. The zero-order valence-electron chi connectivity index (χ0n) is 23.2. The Labute approximate surface area is 208 Å². The molecule has 0 unspecified atom stereocenters. The summed E-state index contributed by atoms with van der Waals surface area (Å²) in [7, 11) is 2.23. The van der Waals surface area contributed by atoms with Crippen molar-refractivity contribution in [3.63, 3.8) is 0 Å². The molecule has 33 heavy (non-hydrogen) atoms. The molecular weight excluding hydrogens is 400 g/mol. The second-order valence-electron chi connectivity index (χ2n) is 10.7. The fourth-order valence-electron chi connectivity index (χ4n) is 5.15. The van der Waals surface area contributed by atoms with Gasteiger partial charge < -0.3 is 0 Å². The number of rotatable bonds is 25. The molecule has 0 saturated heterocycles. The summed E-state index contributed by atoms with van der Waals surface area (Å²) in [5.41, 5.74) is 0. The first-order valence-electron chi connectivity index (χ1n) is 15.3. The lowest BCUT2D eigenvalue weighted by molar-refractivity contribution is -0.678. The van der Waals surface area contributed by atoms with Crippen LogP contribution in [0.1, 0.15) is 167 Å². The van der Waals surface area contributed by atoms with Gasteiger partial charge in [0.15, 0.2) is 0 Å². The van der Waals surface area contributed by atoms with Crippen molar-refractivity contribution in [1.82, 2.24) is 4.57 Å². The zero-order chi connectivity index (χ0) is 23.8. The molecule has 0 fully saturated rings. The molecule has 0 radical (unpaired) electrons. The minimum absolute atomic E-state index is 1.21. The molecule has 0 aliphatic heterocycles. The topological polar surface area (TPSA) is 8.81 Å². The van der Waals surface area contributed by atoms with E-state index >= 15 is 0 Å². The summed E-state index contributed by atoms with van der Waals surface area (Å²) in [4.78, 5) is 0. The van der Waals surface area contributed by atoms with Crippen LogP contribution in [-0.2, 0) is 20.0 Å². The Morgan fingerprint density at radius 1 is 0.515 bits per heavy atom. The van der Waals surface area contributed by atoms with Crippen molar-refractivity contribution >= 4 is 0 Å². The first kappa shape index (κ1) is 30.2. The Bertz CT molecular complexity index is 519. The highest BCUT2D eigenvalue weighted by molar-refractivity contribution is 4.84. The zero-order valence-corrected chi connectivity index (χ0v) is 23.2. The maximum Gasteiger partial charge on any atom is 0.256 e. The smallest absolute Gasteiger partial charge is 0.237 e. The van der Waals surface area contributed by atoms with E-state index in [1.165, 1.54) is 166 Å². The molecule has 1 aromatic rings. The second-order valence-corrected chi connectivity index (χ2v) is 10.7. The first-order chi connectivity index (χ1) is 16.3. The Morgan fingerprint density at radius 3 is 1.30 bits per heavy atom. The number of nitrogens with zero attached hydrogens (tertiary/aromatic N) is 2. The minimum atomic E-state index is 1.21. The van der Waals surface area contributed by atoms with Gasteiger partial charge in [0.25, 0.3) is 5.82 Å². The molecule has 0 spiro atoms. The van der Waals surface area contributed by atoms with Crippen molar-refractivity contribution in [2.75, 3.05) is 0 Å². The lowest BCUT2D eigenvalue weighted by atomic mass is 10.0. The van der Waals surface area contributed by atoms with Crippen LogP contribution >= 0.6 is 0 Å². The van der Waals surface area contributed by atoms with Crippen LogP contribution in [-0.4, -0.2) is 4.57 Å². The standard InChI is InChI=1S/C31H61N2/c1-4-6-8-10-12-14-16-17-18-20-22-24-26-28-33-30-29-32(3)31(33)27-25-23-21-19-15-13-11-9-7-5-2/h29-30H,4-28H2,1-3H3/q+1. The molecule has 0 aliphatic carbocycles. The summed E-state index contributed by atoms with van der Waals surface area (Å²) in [6.45, 7) is 5.82. The Morgan fingerprint density at radius 2 is 0.879 bits per heavy atom. The van der Waals surface area contributed by atoms with Gasteiger partial charge in [0.1, 0.15) is 12.4 Å². The quantitative estimate of drug-likeness (QED) is 0.101. The van der Waals surface area contributed by atoms with Gasteiger partial charge in [-0.15, -0.1) is 0 Å². The number of hydrogen-bond acceptors (Lipinski definition) is 0. The van der Waals surface area contributed by atoms with Gasteiger partial charge in [0.05, 0.1) is 13.6 Å². The summed E-state index contributed by atoms with van der Waals surface area (Å²) in [5, 5.41) is 0. The molecule has 1 aromatic heterocycles. The average molecular weight is 462 g/mol. The normalized spacial score (nSPS) is 11.5. The van der Waals surface area contributed by atoms with E-state index in [0.717, 1.165) is 0 Å². The molecule has 0 N–H and O–H groups in total. The third-order valence-electron chi connectivity index (χ3n) is 7.47. The highest BCUT2D eigenvalue weighted by Gasteiger charge is 2.13. The third-order valence-corrected chi connectivity index (χ3v) is 7.47. The summed E-state index contributed by atoms with van der Waals surface area (Å²) >= 11 is 0. The van der Waals surface area contributed by atoms with E-state index in [0.29, 0.717) is 0 Å². The van der Waals surface area contributed by atoms with Crippen LogP contribution in [0.15, 0.2) is 12.4 Å². The predicted molar refractivity (Wildman–Crippen MR) is 147 cm³/mol. The lowest BCUT2D eigenvalue weighted by Gasteiger charge is -2.05. The molecule has 1 heterocycles. The van der Waals surface area contributed by atoms with E-state index in [-0.39, 0.29) is 0 Å². The van der Waals surface area contributed by atoms with E-state index < -0.39 is 0 Å². The van der Waals surface area contributed by atoms with Crippen LogP contribution in [0.2, 0.25) is 0 Å². The van der Waals surface area contributed by atoms with E-state index in [4.69, 9.17) is 0 Å². The van der Waals surface area contributed by atoms with Crippen LogP contribution in [0.25, 0.3) is 0 Å². The van der Waals surface area contributed by atoms with E-state index in [1.807, 2.05) is 0 Å². The number of aromatic nitrogens is 2. The van der Waals surface area contributed by atoms with Crippen LogP contribution in [0.4, 0.5) is 0 Å². The van der Waals surface area contributed by atoms with Crippen LogP contribution in [0.3, 0.4) is 0 Å². The van der Waals surface area contributed by atoms with E-state index in [1.54, 1.807) is 0 Å².